The van der Waals surface area contributed by atoms with Crippen LogP contribution in [0.2, 0.25) is 0 Å². The molecule has 0 saturated carbocycles. The molecule has 1 atom stereocenters. The highest BCUT2D eigenvalue weighted by Gasteiger charge is 2.61. The topological polar surface area (TPSA) is 69.7 Å². The highest BCUT2D eigenvalue weighted by Crippen LogP contribution is 2.55. The van der Waals surface area contributed by atoms with E-state index in [0.29, 0.717) is 24.3 Å². The van der Waals surface area contributed by atoms with E-state index in [9.17, 15) is 14.4 Å². The minimum Gasteiger partial charge on any atom is -0.354 e. The number of hydrogen-bond donors (Lipinski definition) is 1. The Morgan fingerprint density at radius 2 is 1.76 bits per heavy atom. The number of benzene rings is 3. The van der Waals surface area contributed by atoms with Gasteiger partial charge in [-0.1, -0.05) is 60.7 Å². The first kappa shape index (κ1) is 22.2. The molecule has 0 aromatic heterocycles. The average Bonchev–Trinajstić information content (AvgIpc) is 3.31. The Balaban J connectivity index is 1.41. The van der Waals surface area contributed by atoms with Gasteiger partial charge in [0.2, 0.25) is 16.7 Å². The molecule has 1 unspecified atom stereocenters. The second-order valence-electron chi connectivity index (χ2n) is 8.49. The molecule has 1 fully saturated rings. The van der Waals surface area contributed by atoms with Crippen molar-refractivity contribution in [2.45, 2.75) is 18.2 Å². The third-order valence-corrected chi connectivity index (χ3v) is 7.59. The second kappa shape index (κ2) is 8.99. The highest BCUT2D eigenvalue weighted by molar-refractivity contribution is 8.02. The fourth-order valence-corrected chi connectivity index (χ4v) is 6.03. The summed E-state index contributed by atoms with van der Waals surface area (Å²) >= 11 is 1.32. The highest BCUT2D eigenvalue weighted by atomic mass is 32.2. The zero-order chi connectivity index (χ0) is 23.7. The lowest BCUT2D eigenvalue weighted by atomic mass is 10.0. The minimum atomic E-state index is -1.20. The van der Waals surface area contributed by atoms with Gasteiger partial charge in [-0.15, -0.1) is 11.8 Å². The molecule has 1 saturated heterocycles. The van der Waals surface area contributed by atoms with E-state index in [4.69, 9.17) is 0 Å². The molecule has 2 heterocycles. The van der Waals surface area contributed by atoms with Gasteiger partial charge in [-0.3, -0.25) is 24.2 Å². The summed E-state index contributed by atoms with van der Waals surface area (Å²) in [6, 6.07) is 25.0. The van der Waals surface area contributed by atoms with Gasteiger partial charge >= 0.3 is 0 Å². The van der Waals surface area contributed by atoms with Crippen molar-refractivity contribution in [1.82, 2.24) is 5.32 Å². The predicted molar refractivity (Wildman–Crippen MR) is 135 cm³/mol. The Hall–Kier alpha value is -3.58. The Bertz CT molecular complexity index is 1260. The molecule has 3 aromatic carbocycles. The number of fused-ring (bicyclic) bond motifs is 2. The molecular weight excluding hydrogens is 446 g/mol. The fourth-order valence-electron chi connectivity index (χ4n) is 4.67. The molecular formula is C27H25N3O3S. The van der Waals surface area contributed by atoms with Crippen LogP contribution in [-0.2, 0) is 25.7 Å². The number of aryl methyl sites for hydroxylation is 1. The van der Waals surface area contributed by atoms with Crippen molar-refractivity contribution >= 4 is 40.9 Å². The molecule has 2 aliphatic rings. The molecule has 6 nitrogen and oxygen atoms in total. The van der Waals surface area contributed by atoms with E-state index in [1.165, 1.54) is 16.7 Å². The molecule has 5 rings (SSSR count). The Morgan fingerprint density at radius 1 is 1.00 bits per heavy atom. The quantitative estimate of drug-likeness (QED) is 0.596. The maximum atomic E-state index is 14.0. The third kappa shape index (κ3) is 3.76. The van der Waals surface area contributed by atoms with Crippen LogP contribution in [0.15, 0.2) is 78.9 Å². The molecule has 0 aliphatic carbocycles. The number of hydrogen-bond acceptors (Lipinski definition) is 4. The molecule has 0 bridgehead atoms. The summed E-state index contributed by atoms with van der Waals surface area (Å²) in [5.41, 5.74) is 4.25. The lowest BCUT2D eigenvalue weighted by Crippen LogP contribution is -2.51. The SMILES string of the molecule is Cc1cccc(N2C(=O)CSC23C(=O)N(CC(=O)NCCc2ccccc2)c2ccccc23)c1. The van der Waals surface area contributed by atoms with Crippen LogP contribution < -0.4 is 15.1 Å². The number of carbonyl (C=O) groups is 3. The number of nitrogens with one attached hydrogen (secondary N) is 1. The van der Waals surface area contributed by atoms with Gasteiger partial charge in [0.25, 0.3) is 5.91 Å². The number of rotatable bonds is 6. The van der Waals surface area contributed by atoms with Crippen LogP contribution in [0.5, 0.6) is 0 Å². The number of anilines is 2. The minimum absolute atomic E-state index is 0.0945. The molecule has 7 heteroatoms. The predicted octanol–water partition coefficient (Wildman–Crippen LogP) is 3.63. The maximum absolute atomic E-state index is 14.0. The van der Waals surface area contributed by atoms with Gasteiger partial charge in [-0.05, 0) is 42.7 Å². The first-order valence-electron chi connectivity index (χ1n) is 11.3. The number of amides is 3. The molecule has 1 N–H and O–H groups in total. The van der Waals surface area contributed by atoms with E-state index in [0.717, 1.165) is 16.7 Å². The number of nitrogens with zero attached hydrogens (tertiary/aromatic N) is 2. The van der Waals surface area contributed by atoms with Gasteiger partial charge < -0.3 is 5.32 Å². The largest absolute Gasteiger partial charge is 0.354 e. The van der Waals surface area contributed by atoms with E-state index >= 15 is 0 Å². The summed E-state index contributed by atoms with van der Waals surface area (Å²) in [5.74, 6) is -0.407. The van der Waals surface area contributed by atoms with Crippen molar-refractivity contribution < 1.29 is 14.4 Å². The van der Waals surface area contributed by atoms with E-state index in [1.807, 2.05) is 85.8 Å². The van der Waals surface area contributed by atoms with Crippen LogP contribution >= 0.6 is 11.8 Å². The Labute approximate surface area is 202 Å². The Kier molecular flexibility index (Phi) is 5.87. The zero-order valence-electron chi connectivity index (χ0n) is 18.9. The fraction of sp³-hybridized carbons (Fsp3) is 0.222. The van der Waals surface area contributed by atoms with Crippen LogP contribution in [-0.4, -0.2) is 36.6 Å². The van der Waals surface area contributed by atoms with Crippen molar-refractivity contribution in [3.8, 4) is 0 Å². The first-order chi connectivity index (χ1) is 16.5. The Morgan fingerprint density at radius 3 is 2.56 bits per heavy atom. The van der Waals surface area contributed by atoms with Crippen molar-refractivity contribution in [3.05, 3.63) is 95.6 Å². The summed E-state index contributed by atoms with van der Waals surface area (Å²) in [6.45, 7) is 2.35. The van der Waals surface area contributed by atoms with Gasteiger partial charge in [0, 0.05) is 17.8 Å². The molecule has 2 aliphatic heterocycles. The summed E-state index contributed by atoms with van der Waals surface area (Å²) in [4.78, 5) is 41.8. The van der Waals surface area contributed by atoms with Gasteiger partial charge in [0.1, 0.15) is 6.54 Å². The molecule has 0 radical (unpaired) electrons. The van der Waals surface area contributed by atoms with Crippen molar-refractivity contribution in [1.29, 1.82) is 0 Å². The maximum Gasteiger partial charge on any atom is 0.269 e. The summed E-state index contributed by atoms with van der Waals surface area (Å²) in [7, 11) is 0. The van der Waals surface area contributed by atoms with Gasteiger partial charge in [-0.25, -0.2) is 0 Å². The van der Waals surface area contributed by atoms with E-state index < -0.39 is 4.87 Å². The van der Waals surface area contributed by atoms with Gasteiger partial charge in [0.05, 0.1) is 11.4 Å². The normalized spacial score (nSPS) is 19.1. The monoisotopic (exact) mass is 471 g/mol. The molecule has 34 heavy (non-hydrogen) atoms. The lowest BCUT2D eigenvalue weighted by molar-refractivity contribution is -0.125. The smallest absolute Gasteiger partial charge is 0.269 e. The first-order valence-corrected chi connectivity index (χ1v) is 12.2. The third-order valence-electron chi connectivity index (χ3n) is 6.20. The summed E-state index contributed by atoms with van der Waals surface area (Å²) in [5, 5.41) is 2.93. The van der Waals surface area contributed by atoms with Gasteiger partial charge in [-0.2, -0.15) is 0 Å². The van der Waals surface area contributed by atoms with Crippen LogP contribution in [0.4, 0.5) is 11.4 Å². The zero-order valence-corrected chi connectivity index (χ0v) is 19.7. The standard InChI is InChI=1S/C27H25N3O3S/c1-19-8-7-11-21(16-19)30-25(32)18-34-27(30)22-12-5-6-13-23(22)29(26(27)33)17-24(31)28-15-14-20-9-3-2-4-10-20/h2-13,16H,14-15,17-18H2,1H3,(H,28,31). The van der Waals surface area contributed by atoms with Crippen LogP contribution in [0.25, 0.3) is 0 Å². The summed E-state index contributed by atoms with van der Waals surface area (Å²) < 4.78 is 0. The molecule has 3 aromatic rings. The molecule has 1 spiro atoms. The van der Waals surface area contributed by atoms with E-state index in [-0.39, 0.29) is 30.0 Å². The van der Waals surface area contributed by atoms with Crippen LogP contribution in [0.1, 0.15) is 16.7 Å². The van der Waals surface area contributed by atoms with Crippen molar-refractivity contribution in [2.75, 3.05) is 28.6 Å². The average molecular weight is 472 g/mol. The number of carbonyl (C=O) groups excluding carboxylic acids is 3. The second-order valence-corrected chi connectivity index (χ2v) is 9.66. The van der Waals surface area contributed by atoms with Gasteiger partial charge in [0.15, 0.2) is 0 Å². The molecule has 172 valence electrons. The van der Waals surface area contributed by atoms with E-state index in [1.54, 1.807) is 4.90 Å². The number of para-hydroxylation sites is 1. The lowest BCUT2D eigenvalue weighted by Gasteiger charge is -2.33. The van der Waals surface area contributed by atoms with Crippen molar-refractivity contribution in [3.63, 3.8) is 0 Å². The van der Waals surface area contributed by atoms with Crippen LogP contribution in [0, 0.1) is 6.92 Å². The molecule has 3 amide bonds. The number of thioether (sulfide) groups is 1. The van der Waals surface area contributed by atoms with Crippen LogP contribution in [0.3, 0.4) is 0 Å². The van der Waals surface area contributed by atoms with E-state index in [2.05, 4.69) is 5.32 Å². The summed E-state index contributed by atoms with van der Waals surface area (Å²) in [6.07, 6.45) is 0.715. The van der Waals surface area contributed by atoms with Crippen molar-refractivity contribution in [2.24, 2.45) is 0 Å².